The Morgan fingerprint density at radius 3 is 2.17 bits per heavy atom. The minimum atomic E-state index is 0.290. The zero-order valence-corrected chi connectivity index (χ0v) is 11.4. The van der Waals surface area contributed by atoms with Crippen molar-refractivity contribution >= 4 is 0 Å². The fourth-order valence-corrected chi connectivity index (χ4v) is 2.27. The van der Waals surface area contributed by atoms with Gasteiger partial charge in [0.05, 0.1) is 0 Å². The predicted molar refractivity (Wildman–Crippen MR) is 76.6 cm³/mol. The van der Waals surface area contributed by atoms with Crippen LogP contribution in [0.5, 0.6) is 0 Å². The van der Waals surface area contributed by atoms with E-state index in [-0.39, 0.29) is 5.41 Å². The summed E-state index contributed by atoms with van der Waals surface area (Å²) >= 11 is 0. The lowest BCUT2D eigenvalue weighted by Gasteiger charge is -2.26. The molecule has 94 valence electrons. The summed E-state index contributed by atoms with van der Waals surface area (Å²) in [7, 11) is 0. The second-order valence-electron chi connectivity index (χ2n) is 5.98. The van der Waals surface area contributed by atoms with Gasteiger partial charge in [-0.2, -0.15) is 0 Å². The Kier molecular flexibility index (Phi) is 3.81. The molecule has 0 saturated heterocycles. The van der Waals surface area contributed by atoms with Crippen LogP contribution >= 0.6 is 0 Å². The first-order chi connectivity index (χ1) is 8.56. The molecule has 1 heterocycles. The molecular formula is C17H21N. The lowest BCUT2D eigenvalue weighted by atomic mass is 9.80. The van der Waals surface area contributed by atoms with E-state index in [4.69, 9.17) is 0 Å². The molecule has 0 aliphatic carbocycles. The molecule has 0 aliphatic rings. The second-order valence-corrected chi connectivity index (χ2v) is 5.98. The van der Waals surface area contributed by atoms with Crippen LogP contribution in [0.2, 0.25) is 0 Å². The third-order valence-corrected chi connectivity index (χ3v) is 3.06. The Morgan fingerprint density at radius 1 is 0.944 bits per heavy atom. The maximum Gasteiger partial charge on any atom is 0.0478 e. The van der Waals surface area contributed by atoms with Gasteiger partial charge >= 0.3 is 0 Å². The highest BCUT2D eigenvalue weighted by Crippen LogP contribution is 2.34. The van der Waals surface area contributed by atoms with E-state index in [0.717, 1.165) is 6.42 Å². The number of pyridine rings is 1. The molecule has 0 saturated carbocycles. The number of hydrogen-bond acceptors (Lipinski definition) is 1. The van der Waals surface area contributed by atoms with E-state index in [1.807, 2.05) is 12.3 Å². The normalized spacial score (nSPS) is 13.3. The van der Waals surface area contributed by atoms with Crippen LogP contribution in [-0.4, -0.2) is 4.98 Å². The Balaban J connectivity index is 2.36. The van der Waals surface area contributed by atoms with Gasteiger partial charge in [-0.3, -0.25) is 4.98 Å². The quantitative estimate of drug-likeness (QED) is 0.759. The Bertz CT molecular complexity index is 428. The molecule has 0 amide bonds. The average Bonchev–Trinajstić information content (AvgIpc) is 2.37. The van der Waals surface area contributed by atoms with E-state index >= 15 is 0 Å². The van der Waals surface area contributed by atoms with Crippen molar-refractivity contribution < 1.29 is 0 Å². The summed E-state index contributed by atoms with van der Waals surface area (Å²) in [4.78, 5) is 4.54. The molecule has 1 nitrogen and oxygen atoms in total. The maximum atomic E-state index is 4.54. The minimum absolute atomic E-state index is 0.290. The highest BCUT2D eigenvalue weighted by Gasteiger charge is 2.22. The Hall–Kier alpha value is -1.63. The van der Waals surface area contributed by atoms with Crippen LogP contribution in [0.15, 0.2) is 54.7 Å². The molecular weight excluding hydrogens is 218 g/mol. The first-order valence-corrected chi connectivity index (χ1v) is 6.52. The SMILES string of the molecule is CC(C)(C)CC(c1ccccc1)c1ccccn1. The fraction of sp³-hybridized carbons (Fsp3) is 0.353. The zero-order valence-electron chi connectivity index (χ0n) is 11.4. The van der Waals surface area contributed by atoms with Gasteiger partial charge in [-0.1, -0.05) is 57.2 Å². The van der Waals surface area contributed by atoms with Gasteiger partial charge in [0, 0.05) is 17.8 Å². The van der Waals surface area contributed by atoms with Crippen LogP contribution in [0.4, 0.5) is 0 Å². The molecule has 1 aromatic heterocycles. The van der Waals surface area contributed by atoms with Gasteiger partial charge in [-0.25, -0.2) is 0 Å². The topological polar surface area (TPSA) is 12.9 Å². The van der Waals surface area contributed by atoms with Crippen LogP contribution in [0.25, 0.3) is 0 Å². The monoisotopic (exact) mass is 239 g/mol. The van der Waals surface area contributed by atoms with E-state index in [9.17, 15) is 0 Å². The molecule has 2 rings (SSSR count). The highest BCUT2D eigenvalue weighted by molar-refractivity contribution is 5.28. The molecule has 1 unspecified atom stereocenters. The molecule has 1 atom stereocenters. The summed E-state index contributed by atoms with van der Waals surface area (Å²) in [5.41, 5.74) is 2.81. The summed E-state index contributed by atoms with van der Waals surface area (Å²) in [5, 5.41) is 0. The van der Waals surface area contributed by atoms with Gasteiger partial charge in [0.15, 0.2) is 0 Å². The van der Waals surface area contributed by atoms with E-state index in [1.165, 1.54) is 11.3 Å². The summed E-state index contributed by atoms with van der Waals surface area (Å²) in [6, 6.07) is 16.8. The van der Waals surface area contributed by atoms with Crippen LogP contribution in [0, 0.1) is 5.41 Å². The van der Waals surface area contributed by atoms with Crippen LogP contribution < -0.4 is 0 Å². The lowest BCUT2D eigenvalue weighted by molar-refractivity contribution is 0.355. The van der Waals surface area contributed by atoms with Crippen molar-refractivity contribution in [2.45, 2.75) is 33.1 Å². The van der Waals surface area contributed by atoms with E-state index in [0.29, 0.717) is 5.92 Å². The largest absolute Gasteiger partial charge is 0.261 e. The van der Waals surface area contributed by atoms with Crippen molar-refractivity contribution in [3.63, 3.8) is 0 Å². The highest BCUT2D eigenvalue weighted by atomic mass is 14.7. The van der Waals surface area contributed by atoms with Crippen LogP contribution in [0.3, 0.4) is 0 Å². The van der Waals surface area contributed by atoms with Gasteiger partial charge in [0.25, 0.3) is 0 Å². The summed E-state index contributed by atoms with van der Waals surface area (Å²) in [5.74, 6) is 0.382. The summed E-state index contributed by atoms with van der Waals surface area (Å²) < 4.78 is 0. The van der Waals surface area contributed by atoms with Crippen molar-refractivity contribution in [3.05, 3.63) is 66.0 Å². The fourth-order valence-electron chi connectivity index (χ4n) is 2.27. The minimum Gasteiger partial charge on any atom is -0.261 e. The molecule has 1 aromatic carbocycles. The van der Waals surface area contributed by atoms with Crippen LogP contribution in [0.1, 0.15) is 44.4 Å². The first kappa shape index (κ1) is 12.8. The summed E-state index contributed by atoms with van der Waals surface area (Å²) in [6.45, 7) is 6.85. The maximum absolute atomic E-state index is 4.54. The van der Waals surface area contributed by atoms with Gasteiger partial charge in [0.1, 0.15) is 0 Å². The molecule has 0 spiro atoms. The van der Waals surface area contributed by atoms with E-state index in [1.54, 1.807) is 0 Å². The standard InChI is InChI=1S/C17H21N/c1-17(2,3)13-15(14-9-5-4-6-10-14)16-11-7-8-12-18-16/h4-12,15H,13H2,1-3H3. The molecule has 18 heavy (non-hydrogen) atoms. The van der Waals surface area contributed by atoms with Crippen molar-refractivity contribution in [1.29, 1.82) is 0 Å². The van der Waals surface area contributed by atoms with Gasteiger partial charge in [-0.15, -0.1) is 0 Å². The van der Waals surface area contributed by atoms with Crippen molar-refractivity contribution in [2.75, 3.05) is 0 Å². The summed E-state index contributed by atoms with van der Waals surface area (Å²) in [6.07, 6.45) is 2.99. The molecule has 0 bridgehead atoms. The lowest BCUT2D eigenvalue weighted by Crippen LogP contribution is -2.14. The van der Waals surface area contributed by atoms with Crippen molar-refractivity contribution in [2.24, 2.45) is 5.41 Å². The van der Waals surface area contributed by atoms with Gasteiger partial charge in [0.2, 0.25) is 0 Å². The molecule has 1 heteroatoms. The van der Waals surface area contributed by atoms with Crippen molar-refractivity contribution in [3.8, 4) is 0 Å². The third-order valence-electron chi connectivity index (χ3n) is 3.06. The zero-order chi connectivity index (χ0) is 13.0. The third kappa shape index (κ3) is 3.43. The molecule has 0 aliphatic heterocycles. The number of rotatable bonds is 3. The van der Waals surface area contributed by atoms with Gasteiger partial charge < -0.3 is 0 Å². The number of nitrogens with zero attached hydrogens (tertiary/aromatic N) is 1. The van der Waals surface area contributed by atoms with E-state index < -0.39 is 0 Å². The number of aromatic nitrogens is 1. The first-order valence-electron chi connectivity index (χ1n) is 6.52. The molecule has 0 fully saturated rings. The molecule has 2 aromatic rings. The number of benzene rings is 1. The van der Waals surface area contributed by atoms with E-state index in [2.05, 4.69) is 68.2 Å². The smallest absolute Gasteiger partial charge is 0.0478 e. The Morgan fingerprint density at radius 2 is 1.61 bits per heavy atom. The molecule has 0 N–H and O–H groups in total. The number of hydrogen-bond donors (Lipinski definition) is 0. The Labute approximate surface area is 110 Å². The predicted octanol–water partition coefficient (Wildman–Crippen LogP) is 4.65. The van der Waals surface area contributed by atoms with Crippen molar-refractivity contribution in [1.82, 2.24) is 4.98 Å². The molecule has 0 radical (unpaired) electrons. The second kappa shape index (κ2) is 5.34. The van der Waals surface area contributed by atoms with Gasteiger partial charge in [-0.05, 0) is 29.5 Å². The van der Waals surface area contributed by atoms with Crippen LogP contribution in [-0.2, 0) is 0 Å². The average molecular weight is 239 g/mol.